The second-order valence-corrected chi connectivity index (χ2v) is 3.62. The number of aromatic nitrogens is 5. The number of rotatable bonds is 5. The molecule has 2 rings (SSSR count). The highest BCUT2D eigenvalue weighted by molar-refractivity contribution is 5.86. The SMILES string of the molecule is Cc1nc(Cn2nnc(C(=O)O)c2CCN)no1. The van der Waals surface area contributed by atoms with Crippen LogP contribution in [0.2, 0.25) is 0 Å². The Hall–Kier alpha value is -2.29. The molecule has 0 radical (unpaired) electrons. The predicted octanol–water partition coefficient (Wildman–Crippen LogP) is -0.783. The van der Waals surface area contributed by atoms with Crippen molar-refractivity contribution in [1.82, 2.24) is 25.1 Å². The Morgan fingerprint density at radius 2 is 2.33 bits per heavy atom. The maximum Gasteiger partial charge on any atom is 0.358 e. The number of hydrogen-bond donors (Lipinski definition) is 2. The van der Waals surface area contributed by atoms with Crippen LogP contribution < -0.4 is 5.73 Å². The largest absolute Gasteiger partial charge is 0.476 e. The standard InChI is InChI=1S/C9H12N6O3/c1-5-11-7(13-18-5)4-15-6(2-3-10)8(9(16)17)12-14-15/h2-4,10H2,1H3,(H,16,17). The maximum atomic E-state index is 11.0. The number of nitrogens with zero attached hydrogens (tertiary/aromatic N) is 5. The van der Waals surface area contributed by atoms with Gasteiger partial charge in [-0.05, 0) is 6.54 Å². The molecule has 9 nitrogen and oxygen atoms in total. The molecule has 0 amide bonds. The Kier molecular flexibility index (Phi) is 3.33. The normalized spacial score (nSPS) is 10.8. The second-order valence-electron chi connectivity index (χ2n) is 3.62. The van der Waals surface area contributed by atoms with E-state index in [9.17, 15) is 4.79 Å². The maximum absolute atomic E-state index is 11.0. The van der Waals surface area contributed by atoms with E-state index in [1.165, 1.54) is 4.68 Å². The second kappa shape index (κ2) is 4.92. The summed E-state index contributed by atoms with van der Waals surface area (Å²) >= 11 is 0. The van der Waals surface area contributed by atoms with Gasteiger partial charge < -0.3 is 15.4 Å². The van der Waals surface area contributed by atoms with Crippen molar-refractivity contribution < 1.29 is 14.4 Å². The lowest BCUT2D eigenvalue weighted by Crippen LogP contribution is -2.14. The summed E-state index contributed by atoms with van der Waals surface area (Å²) in [6, 6.07) is 0. The van der Waals surface area contributed by atoms with Gasteiger partial charge in [-0.25, -0.2) is 9.48 Å². The molecule has 0 bridgehead atoms. The fourth-order valence-electron chi connectivity index (χ4n) is 1.55. The molecule has 9 heteroatoms. The van der Waals surface area contributed by atoms with Crippen molar-refractivity contribution in [2.45, 2.75) is 19.9 Å². The number of carbonyl (C=O) groups is 1. The lowest BCUT2D eigenvalue weighted by Gasteiger charge is -2.02. The molecule has 2 aromatic heterocycles. The average molecular weight is 252 g/mol. The highest BCUT2D eigenvalue weighted by atomic mass is 16.5. The van der Waals surface area contributed by atoms with E-state index in [0.29, 0.717) is 30.4 Å². The van der Waals surface area contributed by atoms with Crippen molar-refractivity contribution in [3.8, 4) is 0 Å². The number of aryl methyl sites for hydroxylation is 1. The lowest BCUT2D eigenvalue weighted by atomic mass is 10.2. The van der Waals surface area contributed by atoms with Gasteiger partial charge >= 0.3 is 5.97 Å². The van der Waals surface area contributed by atoms with Crippen LogP contribution in [0, 0.1) is 6.92 Å². The number of aromatic carboxylic acids is 1. The van der Waals surface area contributed by atoms with Gasteiger partial charge in [0.2, 0.25) is 5.89 Å². The molecule has 0 aromatic carbocycles. The smallest absolute Gasteiger partial charge is 0.358 e. The Bertz CT molecular complexity index is 560. The summed E-state index contributed by atoms with van der Waals surface area (Å²) in [6.07, 6.45) is 0.367. The monoisotopic (exact) mass is 252 g/mol. The van der Waals surface area contributed by atoms with Gasteiger partial charge in [0.15, 0.2) is 11.5 Å². The molecule has 3 N–H and O–H groups in total. The van der Waals surface area contributed by atoms with E-state index >= 15 is 0 Å². The molecule has 2 heterocycles. The van der Waals surface area contributed by atoms with Crippen LogP contribution >= 0.6 is 0 Å². The van der Waals surface area contributed by atoms with E-state index in [1.54, 1.807) is 6.92 Å². The summed E-state index contributed by atoms with van der Waals surface area (Å²) in [6.45, 7) is 2.17. The number of nitrogens with two attached hydrogens (primary N) is 1. The zero-order valence-electron chi connectivity index (χ0n) is 9.70. The van der Waals surface area contributed by atoms with Crippen molar-refractivity contribution in [2.75, 3.05) is 6.54 Å². The third-order valence-electron chi connectivity index (χ3n) is 2.28. The van der Waals surface area contributed by atoms with E-state index in [4.69, 9.17) is 15.4 Å². The first-order valence-corrected chi connectivity index (χ1v) is 5.26. The van der Waals surface area contributed by atoms with Crippen LogP contribution in [0.3, 0.4) is 0 Å². The molecule has 0 saturated heterocycles. The Balaban J connectivity index is 2.29. The first-order valence-electron chi connectivity index (χ1n) is 5.26. The molecule has 0 atom stereocenters. The van der Waals surface area contributed by atoms with Gasteiger partial charge in [0.1, 0.15) is 6.54 Å². The van der Waals surface area contributed by atoms with Crippen LogP contribution in [0.4, 0.5) is 0 Å². The molecular weight excluding hydrogens is 240 g/mol. The number of carboxylic acid groups (broad SMARTS) is 1. The minimum Gasteiger partial charge on any atom is -0.476 e. The van der Waals surface area contributed by atoms with Crippen LogP contribution in [0.5, 0.6) is 0 Å². The van der Waals surface area contributed by atoms with E-state index in [0.717, 1.165) is 0 Å². The van der Waals surface area contributed by atoms with Gasteiger partial charge in [-0.3, -0.25) is 0 Å². The minimum absolute atomic E-state index is 0.0966. The lowest BCUT2D eigenvalue weighted by molar-refractivity contribution is 0.0689. The van der Waals surface area contributed by atoms with Gasteiger partial charge in [0.05, 0.1) is 5.69 Å². The van der Waals surface area contributed by atoms with Crippen molar-refractivity contribution >= 4 is 5.97 Å². The molecule has 18 heavy (non-hydrogen) atoms. The van der Waals surface area contributed by atoms with E-state index in [1.807, 2.05) is 0 Å². The molecule has 0 spiro atoms. The minimum atomic E-state index is -1.13. The van der Waals surface area contributed by atoms with Gasteiger partial charge in [0, 0.05) is 13.3 Å². The average Bonchev–Trinajstić information content (AvgIpc) is 2.88. The topological polar surface area (TPSA) is 133 Å². The highest BCUT2D eigenvalue weighted by Gasteiger charge is 2.19. The molecule has 2 aromatic rings. The van der Waals surface area contributed by atoms with Crippen molar-refractivity contribution in [2.24, 2.45) is 5.73 Å². The molecule has 0 saturated carbocycles. The Labute approximate surface area is 102 Å². The first-order chi connectivity index (χ1) is 8.61. The Morgan fingerprint density at radius 1 is 1.56 bits per heavy atom. The van der Waals surface area contributed by atoms with Crippen LogP contribution in [0.15, 0.2) is 4.52 Å². The van der Waals surface area contributed by atoms with Gasteiger partial charge in [0.25, 0.3) is 0 Å². The number of carboxylic acids is 1. The van der Waals surface area contributed by atoms with Crippen LogP contribution in [0.25, 0.3) is 0 Å². The summed E-state index contributed by atoms with van der Waals surface area (Å²) in [5, 5.41) is 20.1. The molecule has 0 fully saturated rings. The van der Waals surface area contributed by atoms with Crippen molar-refractivity contribution in [1.29, 1.82) is 0 Å². The zero-order valence-corrected chi connectivity index (χ0v) is 9.70. The van der Waals surface area contributed by atoms with Gasteiger partial charge in [-0.1, -0.05) is 10.4 Å². The zero-order chi connectivity index (χ0) is 13.1. The summed E-state index contributed by atoms with van der Waals surface area (Å²) in [4.78, 5) is 15.0. The third kappa shape index (κ3) is 2.35. The fraction of sp³-hybridized carbons (Fsp3) is 0.444. The fourth-order valence-corrected chi connectivity index (χ4v) is 1.55. The van der Waals surface area contributed by atoms with Gasteiger partial charge in [-0.15, -0.1) is 5.10 Å². The number of hydrogen-bond acceptors (Lipinski definition) is 7. The van der Waals surface area contributed by atoms with E-state index < -0.39 is 5.97 Å². The third-order valence-corrected chi connectivity index (χ3v) is 2.28. The Morgan fingerprint density at radius 3 is 2.89 bits per heavy atom. The van der Waals surface area contributed by atoms with Crippen molar-refractivity contribution in [3.05, 3.63) is 23.1 Å². The molecule has 0 aliphatic carbocycles. The highest BCUT2D eigenvalue weighted by Crippen LogP contribution is 2.08. The predicted molar refractivity (Wildman–Crippen MR) is 57.9 cm³/mol. The molecule has 0 unspecified atom stereocenters. The summed E-state index contributed by atoms with van der Waals surface area (Å²) < 4.78 is 6.24. The van der Waals surface area contributed by atoms with E-state index in [-0.39, 0.29) is 12.2 Å². The quantitative estimate of drug-likeness (QED) is 0.707. The molecular formula is C9H12N6O3. The van der Waals surface area contributed by atoms with Crippen LogP contribution in [-0.2, 0) is 13.0 Å². The van der Waals surface area contributed by atoms with Crippen molar-refractivity contribution in [3.63, 3.8) is 0 Å². The summed E-state index contributed by atoms with van der Waals surface area (Å²) in [5.74, 6) is -0.287. The van der Waals surface area contributed by atoms with E-state index in [2.05, 4.69) is 20.5 Å². The molecule has 0 aliphatic heterocycles. The van der Waals surface area contributed by atoms with Crippen LogP contribution in [0.1, 0.15) is 27.9 Å². The van der Waals surface area contributed by atoms with Gasteiger partial charge in [-0.2, -0.15) is 4.98 Å². The van der Waals surface area contributed by atoms with Crippen LogP contribution in [-0.4, -0.2) is 42.8 Å². The summed E-state index contributed by atoms with van der Waals surface area (Å²) in [5.41, 5.74) is 5.80. The molecule has 0 aliphatic rings. The summed E-state index contributed by atoms with van der Waals surface area (Å²) in [7, 11) is 0. The molecule has 96 valence electrons. The first kappa shape index (κ1) is 12.2.